The molecule has 0 fully saturated rings. The van der Waals surface area contributed by atoms with Crippen LogP contribution in [-0.2, 0) is 0 Å². The lowest BCUT2D eigenvalue weighted by atomic mass is 10.3. The summed E-state index contributed by atoms with van der Waals surface area (Å²) in [7, 11) is 2.93. The van der Waals surface area contributed by atoms with Crippen LogP contribution in [0.2, 0.25) is 0 Å². The molecule has 0 atom stereocenters. The van der Waals surface area contributed by atoms with Crippen molar-refractivity contribution in [1.82, 2.24) is 9.97 Å². The molecule has 0 saturated carbocycles. The van der Waals surface area contributed by atoms with Gasteiger partial charge < -0.3 is 19.9 Å². The van der Waals surface area contributed by atoms with E-state index in [4.69, 9.17) is 19.9 Å². The van der Waals surface area contributed by atoms with Gasteiger partial charge in [0, 0.05) is 0 Å². The molecule has 0 amide bonds. The largest absolute Gasteiger partial charge is 0.493 e. The molecule has 0 bridgehead atoms. The first kappa shape index (κ1) is 12.9. The molecule has 19 heavy (non-hydrogen) atoms. The summed E-state index contributed by atoms with van der Waals surface area (Å²) in [4.78, 5) is 7.19. The molecule has 0 saturated heterocycles. The van der Waals surface area contributed by atoms with Crippen molar-refractivity contribution in [3.05, 3.63) is 30.2 Å². The van der Waals surface area contributed by atoms with Crippen molar-refractivity contribution < 1.29 is 18.6 Å². The van der Waals surface area contributed by atoms with Gasteiger partial charge in [0.1, 0.15) is 0 Å². The third-order valence-electron chi connectivity index (χ3n) is 2.31. The highest BCUT2D eigenvalue weighted by atomic mass is 19.1. The molecule has 1 heterocycles. The van der Waals surface area contributed by atoms with Crippen LogP contribution in [0.5, 0.6) is 23.1 Å². The summed E-state index contributed by atoms with van der Waals surface area (Å²) in [6.45, 7) is 0. The lowest BCUT2D eigenvalue weighted by Gasteiger charge is -2.13. The van der Waals surface area contributed by atoms with Crippen LogP contribution in [0, 0.1) is 5.82 Å². The van der Waals surface area contributed by atoms with Crippen molar-refractivity contribution in [2.45, 2.75) is 0 Å². The number of nitrogen functional groups attached to an aromatic ring is 1. The molecular weight excluding hydrogens is 253 g/mol. The maximum absolute atomic E-state index is 13.5. The topological polar surface area (TPSA) is 79.5 Å². The Bertz CT molecular complexity index is 570. The number of nitrogens with zero attached hydrogens (tertiary/aromatic N) is 2. The van der Waals surface area contributed by atoms with Crippen LogP contribution in [0.15, 0.2) is 24.4 Å². The van der Waals surface area contributed by atoms with Gasteiger partial charge in [0.25, 0.3) is 5.88 Å². The van der Waals surface area contributed by atoms with Gasteiger partial charge in [-0.1, -0.05) is 6.07 Å². The zero-order chi connectivity index (χ0) is 13.8. The number of anilines is 1. The molecule has 0 unspecified atom stereocenters. The maximum Gasteiger partial charge on any atom is 0.261 e. The van der Waals surface area contributed by atoms with E-state index in [1.54, 1.807) is 18.2 Å². The quantitative estimate of drug-likeness (QED) is 0.910. The van der Waals surface area contributed by atoms with Gasteiger partial charge in [0.05, 0.1) is 20.4 Å². The summed E-state index contributed by atoms with van der Waals surface area (Å²) in [6.07, 6.45) is 0.930. The SMILES string of the molecule is COc1cccc(OC)c1Oc1nc(N)ncc1F. The molecular formula is C12H12FN3O3. The fourth-order valence-corrected chi connectivity index (χ4v) is 1.45. The van der Waals surface area contributed by atoms with Crippen LogP contribution in [0.3, 0.4) is 0 Å². The second-order valence-electron chi connectivity index (χ2n) is 3.48. The summed E-state index contributed by atoms with van der Waals surface area (Å²) in [5.74, 6) is -0.140. The van der Waals surface area contributed by atoms with Crippen molar-refractivity contribution in [3.8, 4) is 23.1 Å². The predicted molar refractivity (Wildman–Crippen MR) is 66.0 cm³/mol. The predicted octanol–water partition coefficient (Wildman–Crippen LogP) is 2.01. The molecule has 0 radical (unpaired) electrons. The van der Waals surface area contributed by atoms with Crippen molar-refractivity contribution in [2.24, 2.45) is 0 Å². The Labute approximate surface area is 109 Å². The Morgan fingerprint density at radius 1 is 1.16 bits per heavy atom. The first-order valence-electron chi connectivity index (χ1n) is 5.32. The van der Waals surface area contributed by atoms with E-state index >= 15 is 0 Å². The number of hydrogen-bond donors (Lipinski definition) is 1. The van der Waals surface area contributed by atoms with Gasteiger partial charge in [-0.2, -0.15) is 9.37 Å². The molecule has 100 valence electrons. The number of rotatable bonds is 4. The van der Waals surface area contributed by atoms with Crippen molar-refractivity contribution in [2.75, 3.05) is 20.0 Å². The van der Waals surface area contributed by atoms with E-state index in [1.807, 2.05) is 0 Å². The molecule has 0 aliphatic carbocycles. The van der Waals surface area contributed by atoms with Gasteiger partial charge in [0.15, 0.2) is 11.5 Å². The van der Waals surface area contributed by atoms with Gasteiger partial charge >= 0.3 is 0 Å². The molecule has 6 nitrogen and oxygen atoms in total. The number of halogens is 1. The number of benzene rings is 1. The first-order chi connectivity index (χ1) is 9.15. The smallest absolute Gasteiger partial charge is 0.261 e. The van der Waals surface area contributed by atoms with E-state index < -0.39 is 5.82 Å². The van der Waals surface area contributed by atoms with Crippen LogP contribution in [-0.4, -0.2) is 24.2 Å². The molecule has 0 aliphatic heterocycles. The highest BCUT2D eigenvalue weighted by Gasteiger charge is 2.16. The van der Waals surface area contributed by atoms with Gasteiger partial charge in [-0.15, -0.1) is 0 Å². The minimum Gasteiger partial charge on any atom is -0.493 e. The normalized spacial score (nSPS) is 10.1. The van der Waals surface area contributed by atoms with Crippen LogP contribution >= 0.6 is 0 Å². The Morgan fingerprint density at radius 3 is 2.37 bits per heavy atom. The minimum atomic E-state index is -0.734. The van der Waals surface area contributed by atoms with Crippen LogP contribution in [0.4, 0.5) is 10.3 Å². The molecule has 2 aromatic rings. The standard InChI is InChI=1S/C12H12FN3O3/c1-17-8-4-3-5-9(18-2)10(8)19-11-7(13)6-15-12(14)16-11/h3-6H,1-2H3,(H2,14,15,16). The molecule has 0 aliphatic rings. The van der Waals surface area contributed by atoms with Crippen molar-refractivity contribution in [3.63, 3.8) is 0 Å². The van der Waals surface area contributed by atoms with E-state index in [0.717, 1.165) is 6.20 Å². The number of methoxy groups -OCH3 is 2. The number of para-hydroxylation sites is 1. The summed E-state index contributed by atoms with van der Waals surface area (Å²) in [5.41, 5.74) is 5.39. The third kappa shape index (κ3) is 2.65. The fourth-order valence-electron chi connectivity index (χ4n) is 1.45. The molecule has 2 N–H and O–H groups in total. The van der Waals surface area contributed by atoms with Gasteiger partial charge in [0.2, 0.25) is 17.5 Å². The van der Waals surface area contributed by atoms with Crippen molar-refractivity contribution in [1.29, 1.82) is 0 Å². The Hall–Kier alpha value is -2.57. The number of aromatic nitrogens is 2. The van der Waals surface area contributed by atoms with E-state index in [0.29, 0.717) is 11.5 Å². The molecule has 0 spiro atoms. The van der Waals surface area contributed by atoms with E-state index in [-0.39, 0.29) is 17.6 Å². The number of nitrogens with two attached hydrogens (primary N) is 1. The molecule has 1 aromatic heterocycles. The Kier molecular flexibility index (Phi) is 3.65. The van der Waals surface area contributed by atoms with Gasteiger partial charge in [-0.25, -0.2) is 4.98 Å². The summed E-state index contributed by atoms with van der Waals surface area (Å²) in [5, 5.41) is 0. The lowest BCUT2D eigenvalue weighted by Crippen LogP contribution is -2.01. The van der Waals surface area contributed by atoms with E-state index in [9.17, 15) is 4.39 Å². The fraction of sp³-hybridized carbons (Fsp3) is 0.167. The van der Waals surface area contributed by atoms with Crippen LogP contribution in [0.25, 0.3) is 0 Å². The van der Waals surface area contributed by atoms with E-state index in [1.165, 1.54) is 14.2 Å². The second kappa shape index (κ2) is 5.38. The molecule has 7 heteroatoms. The lowest BCUT2D eigenvalue weighted by molar-refractivity contribution is 0.333. The summed E-state index contributed by atoms with van der Waals surface area (Å²) >= 11 is 0. The highest BCUT2D eigenvalue weighted by Crippen LogP contribution is 2.39. The third-order valence-corrected chi connectivity index (χ3v) is 2.31. The Morgan fingerprint density at radius 2 is 1.79 bits per heavy atom. The Balaban J connectivity index is 2.45. The zero-order valence-corrected chi connectivity index (χ0v) is 10.4. The van der Waals surface area contributed by atoms with Gasteiger partial charge in [-0.05, 0) is 12.1 Å². The highest BCUT2D eigenvalue weighted by molar-refractivity contribution is 5.52. The summed E-state index contributed by atoms with van der Waals surface area (Å²) in [6, 6.07) is 5.02. The zero-order valence-electron chi connectivity index (χ0n) is 10.4. The van der Waals surface area contributed by atoms with Crippen LogP contribution < -0.4 is 19.9 Å². The minimum absolute atomic E-state index is 0.0923. The van der Waals surface area contributed by atoms with Crippen LogP contribution in [0.1, 0.15) is 0 Å². The summed E-state index contributed by atoms with van der Waals surface area (Å²) < 4.78 is 29.2. The maximum atomic E-state index is 13.5. The first-order valence-corrected chi connectivity index (χ1v) is 5.32. The molecule has 1 aromatic carbocycles. The van der Waals surface area contributed by atoms with Gasteiger partial charge in [-0.3, -0.25) is 0 Å². The van der Waals surface area contributed by atoms with Crippen molar-refractivity contribution >= 4 is 5.95 Å². The average molecular weight is 265 g/mol. The average Bonchev–Trinajstić information content (AvgIpc) is 2.43. The second-order valence-corrected chi connectivity index (χ2v) is 3.48. The molecule has 2 rings (SSSR count). The van der Waals surface area contributed by atoms with E-state index in [2.05, 4.69) is 9.97 Å². The number of hydrogen-bond acceptors (Lipinski definition) is 6. The number of ether oxygens (including phenoxy) is 3. The monoisotopic (exact) mass is 265 g/mol.